The number of hydrogen-bond donors (Lipinski definition) is 1. The first-order valence-corrected chi connectivity index (χ1v) is 6.81. The minimum atomic E-state index is -4.43. The molecule has 1 aliphatic rings. The van der Waals surface area contributed by atoms with Crippen molar-refractivity contribution in [3.63, 3.8) is 0 Å². The van der Waals surface area contributed by atoms with Gasteiger partial charge in [-0.1, -0.05) is 12.1 Å². The molecule has 0 fully saturated rings. The largest absolute Gasteiger partial charge is 0.416 e. The molecule has 1 N–H and O–H groups in total. The number of alkyl halides is 3. The molecule has 0 atom stereocenters. The van der Waals surface area contributed by atoms with Crippen molar-refractivity contribution in [3.05, 3.63) is 41.6 Å². The molecule has 21 heavy (non-hydrogen) atoms. The van der Waals surface area contributed by atoms with Crippen molar-refractivity contribution in [3.8, 4) is 0 Å². The van der Waals surface area contributed by atoms with Gasteiger partial charge in [-0.25, -0.2) is 4.79 Å². The van der Waals surface area contributed by atoms with Crippen molar-refractivity contribution in [1.29, 1.82) is 0 Å². The molecule has 1 aliphatic carbocycles. The first-order chi connectivity index (χ1) is 9.93. The van der Waals surface area contributed by atoms with Crippen LogP contribution < -0.4 is 10.2 Å². The molecule has 0 aliphatic heterocycles. The molecule has 0 saturated carbocycles. The molecule has 0 heterocycles. The van der Waals surface area contributed by atoms with Crippen LogP contribution in [0, 0.1) is 0 Å². The van der Waals surface area contributed by atoms with Gasteiger partial charge in [-0.2, -0.15) is 13.2 Å². The SMILES string of the molecule is CNC(=O)N(C1=CCCCC1)c1cccc(C(F)(F)F)c1. The second-order valence-corrected chi connectivity index (χ2v) is 4.88. The fourth-order valence-electron chi connectivity index (χ4n) is 2.37. The predicted molar refractivity (Wildman–Crippen MR) is 74.9 cm³/mol. The number of nitrogens with one attached hydrogen (secondary N) is 1. The minimum absolute atomic E-state index is 0.234. The van der Waals surface area contributed by atoms with Crippen LogP contribution >= 0.6 is 0 Å². The van der Waals surface area contributed by atoms with Gasteiger partial charge in [0.05, 0.1) is 11.3 Å². The zero-order valence-corrected chi connectivity index (χ0v) is 11.7. The Morgan fingerprint density at radius 3 is 2.62 bits per heavy atom. The van der Waals surface area contributed by atoms with E-state index in [1.54, 1.807) is 0 Å². The van der Waals surface area contributed by atoms with Gasteiger partial charge >= 0.3 is 12.2 Å². The highest BCUT2D eigenvalue weighted by Crippen LogP contribution is 2.33. The fraction of sp³-hybridized carbons (Fsp3) is 0.400. The van der Waals surface area contributed by atoms with Crippen molar-refractivity contribution < 1.29 is 18.0 Å². The average molecular weight is 298 g/mol. The average Bonchev–Trinajstić information content (AvgIpc) is 2.48. The van der Waals surface area contributed by atoms with Gasteiger partial charge in [0, 0.05) is 12.7 Å². The summed E-state index contributed by atoms with van der Waals surface area (Å²) in [5.74, 6) is 0. The Bertz CT molecular complexity index is 552. The monoisotopic (exact) mass is 298 g/mol. The number of allylic oxidation sites excluding steroid dienone is 2. The molecular formula is C15H17F3N2O. The highest BCUT2D eigenvalue weighted by atomic mass is 19.4. The molecular weight excluding hydrogens is 281 g/mol. The van der Waals surface area contributed by atoms with Crippen molar-refractivity contribution in [1.82, 2.24) is 5.32 Å². The van der Waals surface area contributed by atoms with Crippen LogP contribution in [0.5, 0.6) is 0 Å². The molecule has 0 unspecified atom stereocenters. The van der Waals surface area contributed by atoms with E-state index in [-0.39, 0.29) is 5.69 Å². The summed E-state index contributed by atoms with van der Waals surface area (Å²) in [5.41, 5.74) is 0.225. The lowest BCUT2D eigenvalue weighted by Gasteiger charge is -2.27. The van der Waals surface area contributed by atoms with Gasteiger partial charge in [-0.3, -0.25) is 4.90 Å². The summed E-state index contributed by atoms with van der Waals surface area (Å²) >= 11 is 0. The number of urea groups is 1. The summed E-state index contributed by atoms with van der Waals surface area (Å²) < 4.78 is 38.5. The van der Waals surface area contributed by atoms with Crippen LogP contribution in [-0.2, 0) is 6.18 Å². The predicted octanol–water partition coefficient (Wildman–Crippen LogP) is 4.31. The lowest BCUT2D eigenvalue weighted by molar-refractivity contribution is -0.137. The first-order valence-electron chi connectivity index (χ1n) is 6.81. The van der Waals surface area contributed by atoms with Crippen LogP contribution in [0.15, 0.2) is 36.0 Å². The molecule has 0 saturated heterocycles. The van der Waals surface area contributed by atoms with Gasteiger partial charge in [0.15, 0.2) is 0 Å². The number of carbonyl (C=O) groups excluding carboxylic acids is 1. The maximum atomic E-state index is 12.8. The second kappa shape index (κ2) is 6.20. The van der Waals surface area contributed by atoms with Crippen LogP contribution in [0.25, 0.3) is 0 Å². The van der Waals surface area contributed by atoms with Crippen molar-refractivity contribution in [2.24, 2.45) is 0 Å². The third-order valence-electron chi connectivity index (χ3n) is 3.40. The quantitative estimate of drug-likeness (QED) is 0.867. The molecule has 0 radical (unpaired) electrons. The molecule has 0 spiro atoms. The standard InChI is InChI=1S/C15H17F3N2O/c1-19-14(21)20(12-7-3-2-4-8-12)13-9-5-6-11(10-13)15(16,17)18/h5-7,9-10H,2-4,8H2,1H3,(H,19,21). The van der Waals surface area contributed by atoms with E-state index in [2.05, 4.69) is 5.32 Å². The van der Waals surface area contributed by atoms with Crippen LogP contribution in [0.4, 0.5) is 23.7 Å². The van der Waals surface area contributed by atoms with E-state index < -0.39 is 17.8 Å². The maximum absolute atomic E-state index is 12.8. The molecule has 3 nitrogen and oxygen atoms in total. The molecule has 0 aromatic heterocycles. The molecule has 1 aromatic carbocycles. The van der Waals surface area contributed by atoms with Gasteiger partial charge in [-0.15, -0.1) is 0 Å². The normalized spacial score (nSPS) is 15.3. The Kier molecular flexibility index (Phi) is 4.55. The zero-order chi connectivity index (χ0) is 15.5. The summed E-state index contributed by atoms with van der Waals surface area (Å²) in [4.78, 5) is 13.4. The van der Waals surface area contributed by atoms with Gasteiger partial charge in [0.1, 0.15) is 0 Å². The maximum Gasteiger partial charge on any atom is 0.416 e. The molecule has 2 amide bonds. The van der Waals surface area contributed by atoms with Crippen LogP contribution in [0.1, 0.15) is 31.2 Å². The lowest BCUT2D eigenvalue weighted by atomic mass is 10.0. The van der Waals surface area contributed by atoms with E-state index in [1.165, 1.54) is 24.1 Å². The van der Waals surface area contributed by atoms with Crippen molar-refractivity contribution >= 4 is 11.7 Å². The topological polar surface area (TPSA) is 32.3 Å². The third-order valence-corrected chi connectivity index (χ3v) is 3.40. The Morgan fingerprint density at radius 2 is 2.05 bits per heavy atom. The van der Waals surface area contributed by atoms with Crippen LogP contribution in [0.3, 0.4) is 0 Å². The highest BCUT2D eigenvalue weighted by molar-refractivity contribution is 5.95. The van der Waals surface area contributed by atoms with Gasteiger partial charge in [-0.05, 0) is 43.9 Å². The fourth-order valence-corrected chi connectivity index (χ4v) is 2.37. The zero-order valence-electron chi connectivity index (χ0n) is 11.7. The van der Waals surface area contributed by atoms with E-state index in [1.807, 2.05) is 6.08 Å². The lowest BCUT2D eigenvalue weighted by Crippen LogP contribution is -2.38. The molecule has 0 bridgehead atoms. The van der Waals surface area contributed by atoms with Crippen molar-refractivity contribution in [2.45, 2.75) is 31.9 Å². The number of amides is 2. The molecule has 2 rings (SSSR count). The van der Waals surface area contributed by atoms with Crippen LogP contribution in [-0.4, -0.2) is 13.1 Å². The number of benzene rings is 1. The molecule has 1 aromatic rings. The highest BCUT2D eigenvalue weighted by Gasteiger charge is 2.31. The number of anilines is 1. The van der Waals surface area contributed by atoms with Gasteiger partial charge in [0.25, 0.3) is 0 Å². The summed E-state index contributed by atoms with van der Waals surface area (Å²) in [6.07, 6.45) is 0.974. The van der Waals surface area contributed by atoms with Crippen molar-refractivity contribution in [2.75, 3.05) is 11.9 Å². The number of rotatable bonds is 2. The minimum Gasteiger partial charge on any atom is -0.340 e. The van der Waals surface area contributed by atoms with E-state index in [4.69, 9.17) is 0 Å². The van der Waals surface area contributed by atoms with Gasteiger partial charge < -0.3 is 5.32 Å². The second-order valence-electron chi connectivity index (χ2n) is 4.88. The number of carbonyl (C=O) groups is 1. The Hall–Kier alpha value is -1.98. The Balaban J connectivity index is 2.42. The Morgan fingerprint density at radius 1 is 1.29 bits per heavy atom. The summed E-state index contributed by atoms with van der Waals surface area (Å²) in [7, 11) is 1.46. The number of nitrogens with zero attached hydrogens (tertiary/aromatic N) is 1. The molecule has 6 heteroatoms. The van der Waals surface area contributed by atoms with E-state index in [0.717, 1.165) is 37.1 Å². The summed E-state index contributed by atoms with van der Waals surface area (Å²) in [6, 6.07) is 4.41. The summed E-state index contributed by atoms with van der Waals surface area (Å²) in [6.45, 7) is 0. The summed E-state index contributed by atoms with van der Waals surface area (Å²) in [5, 5.41) is 2.48. The van der Waals surface area contributed by atoms with Crippen LogP contribution in [0.2, 0.25) is 0 Å². The van der Waals surface area contributed by atoms with Gasteiger partial charge in [0.2, 0.25) is 0 Å². The van der Waals surface area contributed by atoms with E-state index in [9.17, 15) is 18.0 Å². The van der Waals surface area contributed by atoms with E-state index in [0.29, 0.717) is 6.42 Å². The number of halogens is 3. The smallest absolute Gasteiger partial charge is 0.340 e. The molecule has 114 valence electrons. The third kappa shape index (κ3) is 3.56. The Labute approximate surface area is 121 Å². The number of hydrogen-bond acceptors (Lipinski definition) is 1. The first kappa shape index (κ1) is 15.4. The van der Waals surface area contributed by atoms with E-state index >= 15 is 0 Å².